The van der Waals surface area contributed by atoms with Crippen molar-refractivity contribution in [3.05, 3.63) is 48.6 Å². The van der Waals surface area contributed by atoms with E-state index in [9.17, 15) is 30.0 Å². The van der Waals surface area contributed by atoms with Gasteiger partial charge in [-0.2, -0.15) is 0 Å². The third kappa shape index (κ3) is 29.8. The average molecular weight is 821 g/mol. The zero-order valence-corrected chi connectivity index (χ0v) is 36.5. The number of rotatable bonds is 38. The van der Waals surface area contributed by atoms with Gasteiger partial charge in [0.1, 0.15) is 31.0 Å². The molecule has 0 bridgehead atoms. The molecule has 0 spiro atoms. The maximum absolute atomic E-state index is 12.7. The second-order valence-corrected chi connectivity index (χ2v) is 15.8. The number of allylic oxidation sites excluding steroid dienone is 8. The molecule has 1 rings (SSSR count). The Hall–Kier alpha value is -2.34. The highest BCUT2D eigenvalue weighted by atomic mass is 16.7. The van der Waals surface area contributed by atoms with E-state index in [4.69, 9.17) is 18.9 Å². The zero-order chi connectivity index (χ0) is 42.3. The first kappa shape index (κ1) is 53.7. The average Bonchev–Trinajstić information content (AvgIpc) is 3.22. The molecule has 0 aromatic rings. The lowest BCUT2D eigenvalue weighted by atomic mass is 9.99. The minimum absolute atomic E-state index is 0.109. The minimum atomic E-state index is -1.61. The molecule has 0 saturated carbocycles. The third-order valence-electron chi connectivity index (χ3n) is 10.5. The molecular formula is C48H84O10. The van der Waals surface area contributed by atoms with E-state index in [-0.39, 0.29) is 26.1 Å². The van der Waals surface area contributed by atoms with Crippen molar-refractivity contribution in [2.75, 3.05) is 19.8 Å². The lowest BCUT2D eigenvalue weighted by molar-refractivity contribution is -0.305. The van der Waals surface area contributed by atoms with Crippen LogP contribution in [0, 0.1) is 0 Å². The first-order valence-electron chi connectivity index (χ1n) is 23.2. The van der Waals surface area contributed by atoms with Crippen LogP contribution in [-0.2, 0) is 28.5 Å². The summed E-state index contributed by atoms with van der Waals surface area (Å²) in [7, 11) is 0. The quantitative estimate of drug-likeness (QED) is 0.0269. The molecule has 4 N–H and O–H groups in total. The SMILES string of the molecule is CC/C=C\C/C=C\C/C=C\C/C=C\CCC(=O)OC(COC(=O)CCCCCCCCCCCCCCCCCCCCCC)COC1OC(CO)C(O)C(O)C1O. The van der Waals surface area contributed by atoms with Crippen LogP contribution in [0.15, 0.2) is 48.6 Å². The number of carbonyl (C=O) groups excluding carboxylic acids is 2. The van der Waals surface area contributed by atoms with Crippen LogP contribution in [0.4, 0.5) is 0 Å². The summed E-state index contributed by atoms with van der Waals surface area (Å²) in [5.74, 6) is -0.897. The highest BCUT2D eigenvalue weighted by Crippen LogP contribution is 2.22. The fourth-order valence-electron chi connectivity index (χ4n) is 6.85. The molecule has 0 radical (unpaired) electrons. The molecule has 1 aliphatic rings. The van der Waals surface area contributed by atoms with Gasteiger partial charge in [-0.15, -0.1) is 0 Å². The summed E-state index contributed by atoms with van der Waals surface area (Å²) in [6.07, 6.45) is 38.6. The molecule has 1 heterocycles. The predicted molar refractivity (Wildman–Crippen MR) is 233 cm³/mol. The number of aliphatic hydroxyl groups is 4. The van der Waals surface area contributed by atoms with Crippen LogP contribution in [0.5, 0.6) is 0 Å². The van der Waals surface area contributed by atoms with Crippen molar-refractivity contribution in [3.63, 3.8) is 0 Å². The second kappa shape index (κ2) is 38.8. The Morgan fingerprint density at radius 1 is 0.552 bits per heavy atom. The lowest BCUT2D eigenvalue weighted by Gasteiger charge is -2.39. The number of esters is 2. The Bertz CT molecular complexity index is 1090. The Labute approximate surface area is 352 Å². The van der Waals surface area contributed by atoms with Crippen LogP contribution in [0.1, 0.15) is 187 Å². The standard InChI is InChI=1S/C48H84O10/c1-3-5-7-9-11-13-15-17-18-19-20-21-22-23-25-26-28-30-32-34-36-43(50)55-39-41(40-56-48-47(54)46(53)45(52)42(38-49)58-48)57-44(51)37-35-33-31-29-27-24-16-14-12-10-8-6-4-2/h6,8,12,14,24,27,31,33,41-42,45-49,52-54H,3-5,7,9-11,13,15-23,25-26,28-30,32,34-40H2,1-2H3/b8-6-,14-12-,27-24-,33-31-. The Balaban J connectivity index is 2.30. The molecular weight excluding hydrogens is 737 g/mol. The van der Waals surface area contributed by atoms with Crippen molar-refractivity contribution in [3.8, 4) is 0 Å². The van der Waals surface area contributed by atoms with Gasteiger partial charge in [0.05, 0.1) is 13.2 Å². The van der Waals surface area contributed by atoms with Crippen molar-refractivity contribution in [2.24, 2.45) is 0 Å². The van der Waals surface area contributed by atoms with Gasteiger partial charge in [0, 0.05) is 12.8 Å². The summed E-state index contributed by atoms with van der Waals surface area (Å²) in [5.41, 5.74) is 0. The summed E-state index contributed by atoms with van der Waals surface area (Å²) >= 11 is 0. The third-order valence-corrected chi connectivity index (χ3v) is 10.5. The number of hydrogen-bond acceptors (Lipinski definition) is 10. The molecule has 58 heavy (non-hydrogen) atoms. The summed E-state index contributed by atoms with van der Waals surface area (Å²) in [4.78, 5) is 25.3. The molecule has 1 aliphatic heterocycles. The summed E-state index contributed by atoms with van der Waals surface area (Å²) in [5, 5.41) is 40.0. The highest BCUT2D eigenvalue weighted by molar-refractivity contribution is 5.70. The van der Waals surface area contributed by atoms with Crippen molar-refractivity contribution in [1.82, 2.24) is 0 Å². The first-order chi connectivity index (χ1) is 28.3. The fourth-order valence-corrected chi connectivity index (χ4v) is 6.85. The number of carbonyl (C=O) groups is 2. The van der Waals surface area contributed by atoms with E-state index in [2.05, 4.69) is 50.3 Å². The van der Waals surface area contributed by atoms with Crippen LogP contribution in [0.25, 0.3) is 0 Å². The fraction of sp³-hybridized carbons (Fsp3) is 0.792. The molecule has 0 amide bonds. The number of aliphatic hydroxyl groups excluding tert-OH is 4. The summed E-state index contributed by atoms with van der Waals surface area (Å²) < 4.78 is 22.1. The molecule has 10 heteroatoms. The monoisotopic (exact) mass is 821 g/mol. The molecule has 0 aromatic carbocycles. The number of hydrogen-bond donors (Lipinski definition) is 4. The van der Waals surface area contributed by atoms with Gasteiger partial charge in [-0.3, -0.25) is 9.59 Å². The maximum atomic E-state index is 12.7. The van der Waals surface area contributed by atoms with Gasteiger partial charge in [-0.05, 0) is 38.5 Å². The largest absolute Gasteiger partial charge is 0.462 e. The molecule has 10 nitrogen and oxygen atoms in total. The molecule has 0 aliphatic carbocycles. The smallest absolute Gasteiger partial charge is 0.306 e. The van der Waals surface area contributed by atoms with E-state index >= 15 is 0 Å². The number of ether oxygens (including phenoxy) is 4. The van der Waals surface area contributed by atoms with Crippen LogP contribution < -0.4 is 0 Å². The van der Waals surface area contributed by atoms with Crippen LogP contribution >= 0.6 is 0 Å². The molecule has 336 valence electrons. The summed E-state index contributed by atoms with van der Waals surface area (Å²) in [6.45, 7) is 3.24. The first-order valence-corrected chi connectivity index (χ1v) is 23.2. The van der Waals surface area contributed by atoms with Crippen LogP contribution in [0.2, 0.25) is 0 Å². The second-order valence-electron chi connectivity index (χ2n) is 15.8. The lowest BCUT2D eigenvalue weighted by Crippen LogP contribution is -2.59. The Kier molecular flexibility index (Phi) is 35.9. The normalized spacial score (nSPS) is 20.6. The molecule has 1 saturated heterocycles. The van der Waals surface area contributed by atoms with Gasteiger partial charge in [0.2, 0.25) is 0 Å². The number of unbranched alkanes of at least 4 members (excludes halogenated alkanes) is 19. The molecule has 0 aromatic heterocycles. The highest BCUT2D eigenvalue weighted by Gasteiger charge is 2.44. The maximum Gasteiger partial charge on any atom is 0.306 e. The van der Waals surface area contributed by atoms with Gasteiger partial charge >= 0.3 is 11.9 Å². The molecule has 6 atom stereocenters. The Morgan fingerprint density at radius 2 is 1.02 bits per heavy atom. The molecule has 1 fully saturated rings. The van der Waals surface area contributed by atoms with Crippen LogP contribution in [0.3, 0.4) is 0 Å². The molecule has 6 unspecified atom stereocenters. The minimum Gasteiger partial charge on any atom is -0.462 e. The van der Waals surface area contributed by atoms with E-state index in [1.54, 1.807) is 0 Å². The van der Waals surface area contributed by atoms with Gasteiger partial charge in [-0.1, -0.05) is 184 Å². The van der Waals surface area contributed by atoms with Gasteiger partial charge < -0.3 is 39.4 Å². The van der Waals surface area contributed by atoms with E-state index in [1.807, 2.05) is 12.2 Å². The summed E-state index contributed by atoms with van der Waals surface area (Å²) in [6, 6.07) is 0. The van der Waals surface area contributed by atoms with Gasteiger partial charge in [0.25, 0.3) is 0 Å². The predicted octanol–water partition coefficient (Wildman–Crippen LogP) is 10.1. The van der Waals surface area contributed by atoms with E-state index in [0.29, 0.717) is 6.42 Å². The van der Waals surface area contributed by atoms with Gasteiger partial charge in [0.15, 0.2) is 12.4 Å². The van der Waals surface area contributed by atoms with Crippen molar-refractivity contribution >= 4 is 11.9 Å². The van der Waals surface area contributed by atoms with Gasteiger partial charge in [-0.25, -0.2) is 0 Å². The van der Waals surface area contributed by atoms with Crippen molar-refractivity contribution in [1.29, 1.82) is 0 Å². The van der Waals surface area contributed by atoms with E-state index in [0.717, 1.165) is 44.9 Å². The topological polar surface area (TPSA) is 152 Å². The van der Waals surface area contributed by atoms with Crippen molar-refractivity contribution in [2.45, 2.75) is 224 Å². The van der Waals surface area contributed by atoms with E-state index < -0.39 is 55.4 Å². The van der Waals surface area contributed by atoms with Crippen molar-refractivity contribution < 1.29 is 49.0 Å². The zero-order valence-electron chi connectivity index (χ0n) is 36.5. The van der Waals surface area contributed by atoms with E-state index in [1.165, 1.54) is 109 Å². The Morgan fingerprint density at radius 3 is 1.50 bits per heavy atom. The van der Waals surface area contributed by atoms with Crippen LogP contribution in [-0.4, -0.2) is 89.0 Å².